The maximum absolute atomic E-state index is 11.2. The van der Waals surface area contributed by atoms with Crippen molar-refractivity contribution in [3.05, 3.63) is 40.4 Å². The van der Waals surface area contributed by atoms with Crippen LogP contribution in [-0.4, -0.2) is 16.2 Å². The molecule has 0 aliphatic heterocycles. The number of benzene rings is 1. The van der Waals surface area contributed by atoms with Gasteiger partial charge in [-0.05, 0) is 18.6 Å². The lowest BCUT2D eigenvalue weighted by Crippen LogP contribution is -2.30. The van der Waals surface area contributed by atoms with Gasteiger partial charge in [-0.15, -0.1) is 11.8 Å². The third-order valence-electron chi connectivity index (χ3n) is 3.49. The van der Waals surface area contributed by atoms with E-state index in [1.165, 1.54) is 19.3 Å². The molecule has 0 amide bonds. The van der Waals surface area contributed by atoms with Gasteiger partial charge in [0.15, 0.2) is 0 Å². The Hall–Kier alpha value is -1.03. The van der Waals surface area contributed by atoms with E-state index in [1.807, 2.05) is 37.3 Å². The Morgan fingerprint density at radius 3 is 2.40 bits per heavy atom. The topological polar surface area (TPSA) is 43.1 Å². The number of rotatable bonds is 10. The summed E-state index contributed by atoms with van der Waals surface area (Å²) in [6, 6.07) is 9.59. The fourth-order valence-electron chi connectivity index (χ4n) is 2.32. The van der Waals surface area contributed by atoms with E-state index in [0.29, 0.717) is 6.42 Å². The number of unbranched alkanes of at least 4 members (excludes halogenated alkanes) is 3. The zero-order valence-electron chi connectivity index (χ0n) is 12.5. The second-order valence-electron chi connectivity index (χ2n) is 5.08. The Kier molecular flexibility index (Phi) is 8.35. The standard InChI is InChI=1S/C16H25NO2S/c1-3-5-6-10-13-16(15(4-2)17(18)19)20-14-11-8-7-9-12-14/h7-9,11-12,15-16H,3-6,10,13H2,1-2H3/t15-,16+/m0/s1. The summed E-state index contributed by atoms with van der Waals surface area (Å²) in [5.74, 6) is 0. The van der Waals surface area contributed by atoms with Crippen LogP contribution in [0.2, 0.25) is 0 Å². The molecular weight excluding hydrogens is 270 g/mol. The van der Waals surface area contributed by atoms with Gasteiger partial charge in [-0.25, -0.2) is 0 Å². The SMILES string of the molecule is CCCCCC[C@@H](Sc1ccccc1)[C@H](CC)[N+](=O)[O-]. The first-order valence-electron chi connectivity index (χ1n) is 7.54. The normalized spacial score (nSPS) is 13.9. The molecule has 1 rings (SSSR count). The Morgan fingerprint density at radius 1 is 1.15 bits per heavy atom. The van der Waals surface area contributed by atoms with Gasteiger partial charge in [0.25, 0.3) is 0 Å². The Labute approximate surface area is 126 Å². The molecule has 0 fully saturated rings. The molecule has 3 nitrogen and oxygen atoms in total. The van der Waals surface area contributed by atoms with Crippen LogP contribution in [0.5, 0.6) is 0 Å². The number of hydrogen-bond acceptors (Lipinski definition) is 3. The Balaban J connectivity index is 2.65. The van der Waals surface area contributed by atoms with Gasteiger partial charge >= 0.3 is 0 Å². The second-order valence-corrected chi connectivity index (χ2v) is 6.39. The molecule has 112 valence electrons. The van der Waals surface area contributed by atoms with E-state index in [9.17, 15) is 10.1 Å². The predicted molar refractivity (Wildman–Crippen MR) is 85.9 cm³/mol. The summed E-state index contributed by atoms with van der Waals surface area (Å²) in [5, 5.41) is 11.3. The minimum atomic E-state index is -0.443. The molecule has 0 spiro atoms. The van der Waals surface area contributed by atoms with Crippen LogP contribution in [0.4, 0.5) is 0 Å². The fourth-order valence-corrected chi connectivity index (χ4v) is 3.72. The van der Waals surface area contributed by atoms with Crippen molar-refractivity contribution in [2.45, 2.75) is 68.6 Å². The van der Waals surface area contributed by atoms with Crippen LogP contribution in [-0.2, 0) is 0 Å². The number of nitro groups is 1. The number of nitrogens with zero attached hydrogens (tertiary/aromatic N) is 1. The van der Waals surface area contributed by atoms with E-state index in [-0.39, 0.29) is 10.2 Å². The van der Waals surface area contributed by atoms with Gasteiger partial charge in [0.1, 0.15) is 0 Å². The summed E-state index contributed by atoms with van der Waals surface area (Å²) >= 11 is 1.67. The van der Waals surface area contributed by atoms with E-state index in [0.717, 1.165) is 17.7 Å². The molecule has 0 aliphatic carbocycles. The third kappa shape index (κ3) is 5.95. The smallest absolute Gasteiger partial charge is 0.224 e. The lowest BCUT2D eigenvalue weighted by molar-refractivity contribution is -0.522. The zero-order chi connectivity index (χ0) is 14.8. The minimum Gasteiger partial charge on any atom is -0.264 e. The first kappa shape index (κ1) is 17.0. The predicted octanol–water partition coefficient (Wildman–Crippen LogP) is 5.17. The van der Waals surface area contributed by atoms with Crippen LogP contribution < -0.4 is 0 Å². The highest BCUT2D eigenvalue weighted by Crippen LogP contribution is 2.31. The molecule has 20 heavy (non-hydrogen) atoms. The fraction of sp³-hybridized carbons (Fsp3) is 0.625. The molecule has 0 bridgehead atoms. The van der Waals surface area contributed by atoms with Crippen LogP contribution in [0, 0.1) is 10.1 Å². The van der Waals surface area contributed by atoms with E-state index in [2.05, 4.69) is 6.92 Å². The average Bonchev–Trinajstić information content (AvgIpc) is 2.44. The summed E-state index contributed by atoms with van der Waals surface area (Å²) in [5.41, 5.74) is 0. The number of thioether (sulfide) groups is 1. The molecule has 0 saturated carbocycles. The molecule has 0 heterocycles. The molecule has 0 N–H and O–H groups in total. The van der Waals surface area contributed by atoms with Gasteiger partial charge in [-0.2, -0.15) is 0 Å². The van der Waals surface area contributed by atoms with Crippen molar-refractivity contribution in [3.8, 4) is 0 Å². The van der Waals surface area contributed by atoms with Gasteiger partial charge in [-0.3, -0.25) is 10.1 Å². The van der Waals surface area contributed by atoms with E-state index >= 15 is 0 Å². The zero-order valence-corrected chi connectivity index (χ0v) is 13.3. The maximum atomic E-state index is 11.2. The lowest BCUT2D eigenvalue weighted by Gasteiger charge is -2.19. The summed E-state index contributed by atoms with van der Waals surface area (Å²) in [6.45, 7) is 4.10. The van der Waals surface area contributed by atoms with Gasteiger partial charge in [0, 0.05) is 16.2 Å². The van der Waals surface area contributed by atoms with Gasteiger partial charge in [0.05, 0.1) is 5.25 Å². The molecule has 4 heteroatoms. The van der Waals surface area contributed by atoms with Crippen molar-refractivity contribution in [1.29, 1.82) is 0 Å². The average molecular weight is 295 g/mol. The van der Waals surface area contributed by atoms with Crippen molar-refractivity contribution in [3.63, 3.8) is 0 Å². The highest BCUT2D eigenvalue weighted by Gasteiger charge is 2.30. The molecule has 1 aromatic carbocycles. The molecule has 0 aliphatic rings. The van der Waals surface area contributed by atoms with Crippen LogP contribution in [0.3, 0.4) is 0 Å². The van der Waals surface area contributed by atoms with Gasteiger partial charge in [-0.1, -0.05) is 57.7 Å². The van der Waals surface area contributed by atoms with Gasteiger partial charge < -0.3 is 0 Å². The first-order valence-corrected chi connectivity index (χ1v) is 8.42. The van der Waals surface area contributed by atoms with Crippen molar-refractivity contribution in [2.75, 3.05) is 0 Å². The van der Waals surface area contributed by atoms with E-state index in [4.69, 9.17) is 0 Å². The van der Waals surface area contributed by atoms with Crippen molar-refractivity contribution < 1.29 is 4.92 Å². The van der Waals surface area contributed by atoms with E-state index < -0.39 is 6.04 Å². The van der Waals surface area contributed by atoms with E-state index in [1.54, 1.807) is 11.8 Å². The molecule has 0 unspecified atom stereocenters. The Morgan fingerprint density at radius 2 is 1.85 bits per heavy atom. The maximum Gasteiger partial charge on any atom is 0.224 e. The summed E-state index contributed by atoms with van der Waals surface area (Å²) in [4.78, 5) is 12.3. The third-order valence-corrected chi connectivity index (χ3v) is 4.89. The first-order chi connectivity index (χ1) is 9.69. The van der Waals surface area contributed by atoms with Crippen molar-refractivity contribution in [1.82, 2.24) is 0 Å². The van der Waals surface area contributed by atoms with Crippen molar-refractivity contribution >= 4 is 11.8 Å². The molecule has 1 aromatic rings. The largest absolute Gasteiger partial charge is 0.264 e. The quantitative estimate of drug-likeness (QED) is 0.259. The molecule has 0 saturated heterocycles. The Bertz CT molecular complexity index is 383. The minimum absolute atomic E-state index is 0.0780. The summed E-state index contributed by atoms with van der Waals surface area (Å²) in [6.07, 6.45) is 6.21. The summed E-state index contributed by atoms with van der Waals surface area (Å²) < 4.78 is 0. The second kappa shape index (κ2) is 9.81. The van der Waals surface area contributed by atoms with Crippen LogP contribution in [0.25, 0.3) is 0 Å². The molecule has 2 atom stereocenters. The molecular formula is C16H25NO2S. The highest BCUT2D eigenvalue weighted by molar-refractivity contribution is 8.00. The monoisotopic (exact) mass is 295 g/mol. The van der Waals surface area contributed by atoms with Crippen LogP contribution in [0.1, 0.15) is 52.4 Å². The van der Waals surface area contributed by atoms with Gasteiger partial charge in [0.2, 0.25) is 6.04 Å². The highest BCUT2D eigenvalue weighted by atomic mass is 32.2. The number of hydrogen-bond donors (Lipinski definition) is 0. The van der Waals surface area contributed by atoms with Crippen LogP contribution >= 0.6 is 11.8 Å². The molecule has 0 radical (unpaired) electrons. The van der Waals surface area contributed by atoms with Crippen molar-refractivity contribution in [2.24, 2.45) is 0 Å². The lowest BCUT2D eigenvalue weighted by atomic mass is 10.0. The van der Waals surface area contributed by atoms with Crippen LogP contribution in [0.15, 0.2) is 35.2 Å². The summed E-state index contributed by atoms with van der Waals surface area (Å²) in [7, 11) is 0. The molecule has 0 aromatic heterocycles.